The van der Waals surface area contributed by atoms with Gasteiger partial charge in [0.25, 0.3) is 0 Å². The Morgan fingerprint density at radius 3 is 2.35 bits per heavy atom. The minimum Gasteiger partial charge on any atom is -0.497 e. The number of nitrogens with two attached hydrogens (primary N) is 1. The average Bonchev–Trinajstić information content (AvgIpc) is 2.40. The summed E-state index contributed by atoms with van der Waals surface area (Å²) in [5.74, 6) is 0.548. The number of anilines is 1. The van der Waals surface area contributed by atoms with E-state index >= 15 is 0 Å². The Kier molecular flexibility index (Phi) is 4.58. The van der Waals surface area contributed by atoms with Crippen molar-refractivity contribution < 1.29 is 9.13 Å². The summed E-state index contributed by atoms with van der Waals surface area (Å²) in [6, 6.07) is 12.3. The molecule has 0 fully saturated rings. The topological polar surface area (TPSA) is 38.5 Å². The first kappa shape index (κ1) is 14.3. The molecular weight excluding hydrogens is 255 g/mol. The number of hydrogen-bond donors (Lipinski definition) is 1. The summed E-state index contributed by atoms with van der Waals surface area (Å²) in [5.41, 5.74) is 8.69. The van der Waals surface area contributed by atoms with Crippen molar-refractivity contribution >= 4 is 5.69 Å². The van der Waals surface area contributed by atoms with Crippen LogP contribution in [0.4, 0.5) is 10.1 Å². The van der Waals surface area contributed by atoms with E-state index in [0.717, 1.165) is 30.0 Å². The Hall–Kier alpha value is -2.07. The Bertz CT molecular complexity index is 569. The molecule has 4 heteroatoms. The molecule has 0 amide bonds. The van der Waals surface area contributed by atoms with Crippen molar-refractivity contribution in [2.75, 3.05) is 19.9 Å². The molecule has 0 radical (unpaired) electrons. The summed E-state index contributed by atoms with van der Waals surface area (Å²) in [6.45, 7) is 1.50. The van der Waals surface area contributed by atoms with Crippen molar-refractivity contribution in [3.63, 3.8) is 0 Å². The van der Waals surface area contributed by atoms with Crippen molar-refractivity contribution in [3.8, 4) is 5.75 Å². The predicted octanol–water partition coefficient (Wildman–Crippen LogP) is 3.05. The molecule has 0 heterocycles. The van der Waals surface area contributed by atoms with Crippen LogP contribution in [0.3, 0.4) is 0 Å². The van der Waals surface area contributed by atoms with Gasteiger partial charge in [-0.2, -0.15) is 0 Å². The summed E-state index contributed by atoms with van der Waals surface area (Å²) >= 11 is 0. The number of ether oxygens (including phenoxy) is 1. The van der Waals surface area contributed by atoms with Gasteiger partial charge in [0, 0.05) is 24.8 Å². The molecule has 3 nitrogen and oxygen atoms in total. The highest BCUT2D eigenvalue weighted by Crippen LogP contribution is 2.20. The summed E-state index contributed by atoms with van der Waals surface area (Å²) in [7, 11) is 3.64. The Balaban J connectivity index is 2.02. The maximum atomic E-state index is 12.9. The Labute approximate surface area is 118 Å². The maximum absolute atomic E-state index is 12.9. The van der Waals surface area contributed by atoms with E-state index in [1.165, 1.54) is 12.1 Å². The molecule has 0 aliphatic carbocycles. The lowest BCUT2D eigenvalue weighted by Crippen LogP contribution is -2.17. The van der Waals surface area contributed by atoms with E-state index in [1.54, 1.807) is 25.3 Å². The van der Waals surface area contributed by atoms with Gasteiger partial charge in [-0.1, -0.05) is 12.1 Å². The molecule has 0 saturated heterocycles. The molecule has 0 aliphatic rings. The van der Waals surface area contributed by atoms with Crippen LogP contribution in [0.15, 0.2) is 42.5 Å². The lowest BCUT2D eigenvalue weighted by atomic mass is 10.1. The third kappa shape index (κ3) is 3.96. The second-order valence-electron chi connectivity index (χ2n) is 4.91. The molecule has 0 unspecified atom stereocenters. The number of benzene rings is 2. The fraction of sp³-hybridized carbons (Fsp3) is 0.250. The lowest BCUT2D eigenvalue weighted by molar-refractivity contribution is 0.318. The smallest absolute Gasteiger partial charge is 0.123 e. The highest BCUT2D eigenvalue weighted by molar-refractivity contribution is 5.47. The molecular formula is C16H19FN2O. The molecule has 2 rings (SSSR count). The maximum Gasteiger partial charge on any atom is 0.123 e. The number of nitrogen functional groups attached to an aromatic ring is 1. The number of rotatable bonds is 5. The summed E-state index contributed by atoms with van der Waals surface area (Å²) < 4.78 is 18.1. The van der Waals surface area contributed by atoms with Crippen molar-refractivity contribution in [3.05, 3.63) is 59.4 Å². The SMILES string of the molecule is COc1cc(N)cc(CN(C)Cc2ccc(F)cc2)c1. The molecule has 0 atom stereocenters. The zero-order valence-electron chi connectivity index (χ0n) is 11.8. The third-order valence-electron chi connectivity index (χ3n) is 3.04. The van der Waals surface area contributed by atoms with Crippen molar-refractivity contribution in [1.82, 2.24) is 4.90 Å². The van der Waals surface area contributed by atoms with E-state index in [9.17, 15) is 4.39 Å². The summed E-state index contributed by atoms with van der Waals surface area (Å²) in [6.07, 6.45) is 0. The predicted molar refractivity (Wildman–Crippen MR) is 79.0 cm³/mol. The van der Waals surface area contributed by atoms with E-state index in [-0.39, 0.29) is 5.82 Å². The van der Waals surface area contributed by atoms with Crippen LogP contribution in [0.2, 0.25) is 0 Å². The van der Waals surface area contributed by atoms with Crippen LogP contribution in [0, 0.1) is 5.82 Å². The number of methoxy groups -OCH3 is 1. The first-order valence-corrected chi connectivity index (χ1v) is 6.43. The molecule has 20 heavy (non-hydrogen) atoms. The molecule has 0 aliphatic heterocycles. The van der Waals surface area contributed by atoms with Crippen molar-refractivity contribution in [2.45, 2.75) is 13.1 Å². The fourth-order valence-corrected chi connectivity index (χ4v) is 2.16. The van der Waals surface area contributed by atoms with Crippen LogP contribution in [0.5, 0.6) is 5.75 Å². The number of hydrogen-bond acceptors (Lipinski definition) is 3. The van der Waals surface area contributed by atoms with E-state index in [0.29, 0.717) is 5.69 Å². The second kappa shape index (κ2) is 6.39. The van der Waals surface area contributed by atoms with Crippen LogP contribution in [0.25, 0.3) is 0 Å². The first-order chi connectivity index (χ1) is 9.56. The van der Waals surface area contributed by atoms with Crippen LogP contribution in [0.1, 0.15) is 11.1 Å². The minimum atomic E-state index is -0.211. The van der Waals surface area contributed by atoms with Crippen LogP contribution in [-0.2, 0) is 13.1 Å². The van der Waals surface area contributed by atoms with E-state index in [1.807, 2.05) is 19.2 Å². The monoisotopic (exact) mass is 274 g/mol. The Morgan fingerprint density at radius 1 is 1.05 bits per heavy atom. The highest BCUT2D eigenvalue weighted by Gasteiger charge is 2.05. The lowest BCUT2D eigenvalue weighted by Gasteiger charge is -2.17. The van der Waals surface area contributed by atoms with Crippen molar-refractivity contribution in [1.29, 1.82) is 0 Å². The zero-order chi connectivity index (χ0) is 14.5. The van der Waals surface area contributed by atoms with Gasteiger partial charge in [0.15, 0.2) is 0 Å². The van der Waals surface area contributed by atoms with Gasteiger partial charge in [-0.25, -0.2) is 4.39 Å². The molecule has 0 saturated carbocycles. The van der Waals surface area contributed by atoms with Gasteiger partial charge in [0.1, 0.15) is 11.6 Å². The standard InChI is InChI=1S/C16H19FN2O/c1-19(10-12-3-5-14(17)6-4-12)11-13-7-15(18)9-16(8-13)20-2/h3-9H,10-11,18H2,1-2H3. The molecule has 0 bridgehead atoms. The summed E-state index contributed by atoms with van der Waals surface area (Å²) in [4.78, 5) is 2.14. The quantitative estimate of drug-likeness (QED) is 0.852. The van der Waals surface area contributed by atoms with Crippen LogP contribution >= 0.6 is 0 Å². The minimum absolute atomic E-state index is 0.211. The van der Waals surface area contributed by atoms with E-state index in [4.69, 9.17) is 10.5 Å². The van der Waals surface area contributed by atoms with E-state index < -0.39 is 0 Å². The third-order valence-corrected chi connectivity index (χ3v) is 3.04. The normalized spacial score (nSPS) is 10.8. The zero-order valence-corrected chi connectivity index (χ0v) is 11.8. The molecule has 106 valence electrons. The van der Waals surface area contributed by atoms with Gasteiger partial charge < -0.3 is 10.5 Å². The van der Waals surface area contributed by atoms with Gasteiger partial charge in [0.2, 0.25) is 0 Å². The average molecular weight is 274 g/mol. The molecule has 0 aromatic heterocycles. The second-order valence-corrected chi connectivity index (χ2v) is 4.91. The van der Waals surface area contributed by atoms with Crippen LogP contribution in [-0.4, -0.2) is 19.1 Å². The first-order valence-electron chi connectivity index (χ1n) is 6.43. The number of halogens is 1. The highest BCUT2D eigenvalue weighted by atomic mass is 19.1. The molecule has 2 aromatic carbocycles. The molecule has 0 spiro atoms. The number of nitrogens with zero attached hydrogens (tertiary/aromatic N) is 1. The van der Waals surface area contributed by atoms with Crippen molar-refractivity contribution in [2.24, 2.45) is 0 Å². The van der Waals surface area contributed by atoms with Gasteiger partial charge >= 0.3 is 0 Å². The van der Waals surface area contributed by atoms with Crippen LogP contribution < -0.4 is 10.5 Å². The molecule has 2 aromatic rings. The van der Waals surface area contributed by atoms with Gasteiger partial charge in [0.05, 0.1) is 7.11 Å². The summed E-state index contributed by atoms with van der Waals surface area (Å²) in [5, 5.41) is 0. The Morgan fingerprint density at radius 2 is 1.70 bits per heavy atom. The van der Waals surface area contributed by atoms with E-state index in [2.05, 4.69) is 4.90 Å². The fourth-order valence-electron chi connectivity index (χ4n) is 2.16. The van der Waals surface area contributed by atoms with Gasteiger partial charge in [-0.3, -0.25) is 4.90 Å². The largest absolute Gasteiger partial charge is 0.497 e. The van der Waals surface area contributed by atoms with Gasteiger partial charge in [-0.15, -0.1) is 0 Å². The molecule has 2 N–H and O–H groups in total. The van der Waals surface area contributed by atoms with Gasteiger partial charge in [-0.05, 0) is 42.4 Å².